The molecule has 4 nitrogen and oxygen atoms in total. The standard InChI is InChI=1S/C13H18BrFN2O2/c1-19-6-4-2-3-5-17-13(18)9-7-12(16)11(15)8-10(9)14/h7-8H,2-6,16H2,1H3,(H,17,18). The molecule has 0 aromatic heterocycles. The van der Waals surface area contributed by atoms with Gasteiger partial charge in [0.2, 0.25) is 0 Å². The molecule has 1 aromatic carbocycles. The van der Waals surface area contributed by atoms with Crippen LogP contribution in [0, 0.1) is 5.82 Å². The van der Waals surface area contributed by atoms with Crippen molar-refractivity contribution < 1.29 is 13.9 Å². The molecule has 0 radical (unpaired) electrons. The van der Waals surface area contributed by atoms with Crippen LogP contribution in [0.2, 0.25) is 0 Å². The third-order valence-electron chi connectivity index (χ3n) is 2.64. The molecule has 0 unspecified atom stereocenters. The van der Waals surface area contributed by atoms with Crippen LogP contribution in [-0.4, -0.2) is 26.2 Å². The molecule has 0 fully saturated rings. The summed E-state index contributed by atoms with van der Waals surface area (Å²) in [6.07, 6.45) is 2.84. The second kappa shape index (κ2) is 8.12. The zero-order valence-corrected chi connectivity index (χ0v) is 12.4. The van der Waals surface area contributed by atoms with Gasteiger partial charge in [-0.3, -0.25) is 4.79 Å². The fourth-order valence-electron chi connectivity index (χ4n) is 1.59. The number of hydrogen-bond donors (Lipinski definition) is 2. The van der Waals surface area contributed by atoms with Crippen molar-refractivity contribution in [1.82, 2.24) is 5.32 Å². The number of halogens is 2. The van der Waals surface area contributed by atoms with E-state index >= 15 is 0 Å². The molecule has 6 heteroatoms. The summed E-state index contributed by atoms with van der Waals surface area (Å²) in [7, 11) is 1.66. The number of carbonyl (C=O) groups is 1. The largest absolute Gasteiger partial charge is 0.396 e. The van der Waals surface area contributed by atoms with Crippen molar-refractivity contribution in [1.29, 1.82) is 0 Å². The Labute approximate surface area is 120 Å². The normalized spacial score (nSPS) is 10.5. The van der Waals surface area contributed by atoms with Gasteiger partial charge in [0.25, 0.3) is 5.91 Å². The number of nitrogens with one attached hydrogen (secondary N) is 1. The smallest absolute Gasteiger partial charge is 0.252 e. The van der Waals surface area contributed by atoms with Gasteiger partial charge in [0.05, 0.1) is 11.3 Å². The Balaban J connectivity index is 2.43. The van der Waals surface area contributed by atoms with Gasteiger partial charge in [-0.15, -0.1) is 0 Å². The van der Waals surface area contributed by atoms with Gasteiger partial charge in [0.1, 0.15) is 5.82 Å². The number of nitrogen functional groups attached to an aromatic ring is 1. The van der Waals surface area contributed by atoms with Gasteiger partial charge >= 0.3 is 0 Å². The first kappa shape index (κ1) is 15.9. The van der Waals surface area contributed by atoms with Gasteiger partial charge < -0.3 is 15.8 Å². The maximum Gasteiger partial charge on any atom is 0.252 e. The van der Waals surface area contributed by atoms with Crippen molar-refractivity contribution >= 4 is 27.5 Å². The third-order valence-corrected chi connectivity index (χ3v) is 3.30. The minimum atomic E-state index is -0.539. The van der Waals surface area contributed by atoms with Gasteiger partial charge in [-0.1, -0.05) is 0 Å². The molecule has 0 aliphatic heterocycles. The van der Waals surface area contributed by atoms with E-state index in [2.05, 4.69) is 21.2 Å². The summed E-state index contributed by atoms with van der Waals surface area (Å²) in [5.41, 5.74) is 5.76. The van der Waals surface area contributed by atoms with Crippen molar-refractivity contribution in [2.75, 3.05) is 26.0 Å². The number of benzene rings is 1. The number of nitrogens with two attached hydrogens (primary N) is 1. The Bertz CT molecular complexity index is 441. The van der Waals surface area contributed by atoms with Gasteiger partial charge in [-0.25, -0.2) is 4.39 Å². The number of anilines is 1. The Kier molecular flexibility index (Phi) is 6.80. The lowest BCUT2D eigenvalue weighted by molar-refractivity contribution is 0.0952. The Morgan fingerprint density at radius 1 is 1.42 bits per heavy atom. The molecule has 0 aliphatic rings. The van der Waals surface area contributed by atoms with Crippen LogP contribution in [0.25, 0.3) is 0 Å². The van der Waals surface area contributed by atoms with Crippen molar-refractivity contribution in [2.45, 2.75) is 19.3 Å². The first-order chi connectivity index (χ1) is 9.06. The van der Waals surface area contributed by atoms with E-state index in [-0.39, 0.29) is 11.6 Å². The van der Waals surface area contributed by atoms with Crippen LogP contribution < -0.4 is 11.1 Å². The summed E-state index contributed by atoms with van der Waals surface area (Å²) in [5, 5.41) is 2.78. The minimum Gasteiger partial charge on any atom is -0.396 e. The van der Waals surface area contributed by atoms with Crippen LogP contribution in [0.5, 0.6) is 0 Å². The molecule has 0 atom stereocenters. The van der Waals surface area contributed by atoms with E-state index < -0.39 is 5.82 Å². The molecule has 0 bridgehead atoms. The number of amides is 1. The highest BCUT2D eigenvalue weighted by Crippen LogP contribution is 2.22. The molecule has 3 N–H and O–H groups in total. The highest BCUT2D eigenvalue weighted by Gasteiger charge is 2.12. The van der Waals surface area contributed by atoms with Crippen LogP contribution in [-0.2, 0) is 4.74 Å². The highest BCUT2D eigenvalue weighted by atomic mass is 79.9. The molecule has 0 spiro atoms. The maximum atomic E-state index is 13.1. The lowest BCUT2D eigenvalue weighted by atomic mass is 10.1. The predicted molar refractivity (Wildman–Crippen MR) is 76.6 cm³/mol. The first-order valence-corrected chi connectivity index (χ1v) is 6.87. The van der Waals surface area contributed by atoms with Crippen molar-refractivity contribution in [3.8, 4) is 0 Å². The average molecular weight is 333 g/mol. The van der Waals surface area contributed by atoms with E-state index in [4.69, 9.17) is 10.5 Å². The predicted octanol–water partition coefficient (Wildman–Crippen LogP) is 2.72. The molecule has 19 heavy (non-hydrogen) atoms. The van der Waals surface area contributed by atoms with Crippen LogP contribution in [0.4, 0.5) is 10.1 Å². The second-order valence-electron chi connectivity index (χ2n) is 4.16. The summed E-state index contributed by atoms with van der Waals surface area (Å²) in [6.45, 7) is 1.31. The summed E-state index contributed by atoms with van der Waals surface area (Å²) in [6, 6.07) is 2.53. The molecular formula is C13H18BrFN2O2. The van der Waals surface area contributed by atoms with E-state index in [1.165, 1.54) is 12.1 Å². The van der Waals surface area contributed by atoms with Crippen LogP contribution in [0.1, 0.15) is 29.6 Å². The molecule has 0 saturated carbocycles. The molecule has 0 saturated heterocycles. The van der Waals surface area contributed by atoms with Gasteiger partial charge in [0.15, 0.2) is 0 Å². The van der Waals surface area contributed by atoms with Gasteiger partial charge in [0, 0.05) is 24.7 Å². The van der Waals surface area contributed by atoms with Crippen LogP contribution in [0.15, 0.2) is 16.6 Å². The lowest BCUT2D eigenvalue weighted by Gasteiger charge is -2.08. The molecule has 106 valence electrons. The van der Waals surface area contributed by atoms with E-state index in [0.717, 1.165) is 25.9 Å². The first-order valence-electron chi connectivity index (χ1n) is 6.08. The monoisotopic (exact) mass is 332 g/mol. The molecule has 1 rings (SSSR count). The zero-order valence-electron chi connectivity index (χ0n) is 10.8. The average Bonchev–Trinajstić information content (AvgIpc) is 2.37. The van der Waals surface area contributed by atoms with Crippen molar-refractivity contribution in [2.24, 2.45) is 0 Å². The van der Waals surface area contributed by atoms with Gasteiger partial charge in [-0.05, 0) is 47.3 Å². The molecule has 1 aromatic rings. The van der Waals surface area contributed by atoms with Crippen molar-refractivity contribution in [3.63, 3.8) is 0 Å². The fourth-order valence-corrected chi connectivity index (χ4v) is 2.08. The lowest BCUT2D eigenvalue weighted by Crippen LogP contribution is -2.25. The number of ether oxygens (including phenoxy) is 1. The van der Waals surface area contributed by atoms with Crippen LogP contribution in [0.3, 0.4) is 0 Å². The fraction of sp³-hybridized carbons (Fsp3) is 0.462. The Morgan fingerprint density at radius 2 is 2.16 bits per heavy atom. The minimum absolute atomic E-state index is 0.0338. The molecular weight excluding hydrogens is 315 g/mol. The van der Waals surface area contributed by atoms with E-state index in [1.807, 2.05) is 0 Å². The van der Waals surface area contributed by atoms with Crippen LogP contribution >= 0.6 is 15.9 Å². The number of unbranched alkanes of at least 4 members (excludes halogenated alkanes) is 2. The molecule has 1 amide bonds. The van der Waals surface area contributed by atoms with E-state index in [9.17, 15) is 9.18 Å². The number of carbonyl (C=O) groups excluding carboxylic acids is 1. The SMILES string of the molecule is COCCCCCNC(=O)c1cc(N)c(F)cc1Br. The number of methoxy groups -OCH3 is 1. The third kappa shape index (κ3) is 5.16. The van der Waals surface area contributed by atoms with Crippen molar-refractivity contribution in [3.05, 3.63) is 28.0 Å². The zero-order chi connectivity index (χ0) is 14.3. The number of hydrogen-bond acceptors (Lipinski definition) is 3. The maximum absolute atomic E-state index is 13.1. The summed E-state index contributed by atoms with van der Waals surface area (Å²) in [4.78, 5) is 11.9. The molecule has 0 aliphatic carbocycles. The Hall–Kier alpha value is -1.14. The highest BCUT2D eigenvalue weighted by molar-refractivity contribution is 9.10. The second-order valence-corrected chi connectivity index (χ2v) is 5.02. The topological polar surface area (TPSA) is 64.3 Å². The summed E-state index contributed by atoms with van der Waals surface area (Å²) in [5.74, 6) is -0.798. The molecule has 0 heterocycles. The van der Waals surface area contributed by atoms with E-state index in [1.54, 1.807) is 7.11 Å². The number of rotatable bonds is 7. The van der Waals surface area contributed by atoms with Gasteiger partial charge in [-0.2, -0.15) is 0 Å². The summed E-state index contributed by atoms with van der Waals surface area (Å²) < 4.78 is 18.5. The quantitative estimate of drug-likeness (QED) is 0.596. The Morgan fingerprint density at radius 3 is 2.84 bits per heavy atom. The summed E-state index contributed by atoms with van der Waals surface area (Å²) >= 11 is 3.15. The van der Waals surface area contributed by atoms with E-state index in [0.29, 0.717) is 16.6 Å².